The highest BCUT2D eigenvalue weighted by Gasteiger charge is 2.36. The maximum atomic E-state index is 13.3. The third kappa shape index (κ3) is 2.29. The number of nitrogens with one attached hydrogen (secondary N) is 2. The predicted molar refractivity (Wildman–Crippen MR) is 82.0 cm³/mol. The number of fused-ring (bicyclic) bond motifs is 3. The van der Waals surface area contributed by atoms with Gasteiger partial charge in [-0.25, -0.2) is 9.37 Å². The van der Waals surface area contributed by atoms with E-state index in [-0.39, 0.29) is 5.82 Å². The first-order valence-corrected chi connectivity index (χ1v) is 7.91. The van der Waals surface area contributed by atoms with E-state index in [0.717, 1.165) is 23.5 Å². The second kappa shape index (κ2) is 4.98. The zero-order chi connectivity index (χ0) is 14.4. The molecule has 2 N–H and O–H groups in total. The van der Waals surface area contributed by atoms with Crippen molar-refractivity contribution >= 4 is 17.0 Å². The van der Waals surface area contributed by atoms with E-state index in [1.165, 1.54) is 37.8 Å². The number of hydrogen-bond acceptors (Lipinski definition) is 3. The van der Waals surface area contributed by atoms with Crippen molar-refractivity contribution in [3.8, 4) is 0 Å². The Morgan fingerprint density at radius 3 is 2.76 bits per heavy atom. The van der Waals surface area contributed by atoms with E-state index < -0.39 is 0 Å². The molecule has 0 spiro atoms. The van der Waals surface area contributed by atoms with Gasteiger partial charge in [0.15, 0.2) is 0 Å². The van der Waals surface area contributed by atoms with Gasteiger partial charge in [0, 0.05) is 24.7 Å². The van der Waals surface area contributed by atoms with Crippen LogP contribution in [0, 0.1) is 5.82 Å². The average molecular weight is 288 g/mol. The van der Waals surface area contributed by atoms with Gasteiger partial charge in [0.2, 0.25) is 5.95 Å². The topological polar surface area (TPSA) is 44.0 Å². The lowest BCUT2D eigenvalue weighted by Crippen LogP contribution is -2.48. The van der Waals surface area contributed by atoms with Crippen LogP contribution < -0.4 is 10.2 Å². The molecule has 2 aliphatic rings. The largest absolute Gasteiger partial charge is 0.340 e. The summed E-state index contributed by atoms with van der Waals surface area (Å²) in [6.45, 7) is 3.09. The van der Waals surface area contributed by atoms with E-state index in [9.17, 15) is 4.39 Å². The van der Waals surface area contributed by atoms with Gasteiger partial charge in [-0.05, 0) is 50.8 Å². The van der Waals surface area contributed by atoms with Crippen molar-refractivity contribution in [2.45, 2.75) is 50.7 Å². The van der Waals surface area contributed by atoms with Crippen molar-refractivity contribution in [2.24, 2.45) is 0 Å². The van der Waals surface area contributed by atoms with Crippen molar-refractivity contribution in [3.05, 3.63) is 24.0 Å². The Balaban J connectivity index is 1.64. The molecule has 2 atom stereocenters. The van der Waals surface area contributed by atoms with Crippen LogP contribution >= 0.6 is 0 Å². The van der Waals surface area contributed by atoms with Gasteiger partial charge < -0.3 is 15.2 Å². The number of halogens is 1. The van der Waals surface area contributed by atoms with Gasteiger partial charge in [-0.1, -0.05) is 0 Å². The standard InChI is InChI=1S/C16H21FN4/c1-2-21(13-8-11-4-5-12(9-13)18-11)16-19-14-6-3-10(17)7-15(14)20-16/h3,6-7,11-13,18H,2,4-5,8-9H2,1H3,(H,19,20). The first-order chi connectivity index (χ1) is 10.2. The Hall–Kier alpha value is -1.62. The maximum Gasteiger partial charge on any atom is 0.204 e. The second-order valence-corrected chi connectivity index (χ2v) is 6.27. The van der Waals surface area contributed by atoms with Gasteiger partial charge in [0.05, 0.1) is 11.0 Å². The Bertz CT molecular complexity index is 641. The summed E-state index contributed by atoms with van der Waals surface area (Å²) in [6.07, 6.45) is 4.94. The summed E-state index contributed by atoms with van der Waals surface area (Å²) in [7, 11) is 0. The smallest absolute Gasteiger partial charge is 0.204 e. The fraction of sp³-hybridized carbons (Fsp3) is 0.562. The molecule has 4 nitrogen and oxygen atoms in total. The van der Waals surface area contributed by atoms with Gasteiger partial charge in [0.25, 0.3) is 0 Å². The van der Waals surface area contributed by atoms with E-state index in [0.29, 0.717) is 18.1 Å². The number of rotatable bonds is 3. The van der Waals surface area contributed by atoms with E-state index in [1.54, 1.807) is 6.07 Å². The van der Waals surface area contributed by atoms with Gasteiger partial charge in [0.1, 0.15) is 5.82 Å². The van der Waals surface area contributed by atoms with Crippen LogP contribution in [-0.2, 0) is 0 Å². The van der Waals surface area contributed by atoms with Crippen LogP contribution in [0.3, 0.4) is 0 Å². The summed E-state index contributed by atoms with van der Waals surface area (Å²) >= 11 is 0. The lowest BCUT2D eigenvalue weighted by Gasteiger charge is -2.37. The first-order valence-electron chi connectivity index (χ1n) is 7.91. The van der Waals surface area contributed by atoms with Crippen LogP contribution in [0.4, 0.5) is 10.3 Å². The molecule has 3 heterocycles. The van der Waals surface area contributed by atoms with Gasteiger partial charge >= 0.3 is 0 Å². The quantitative estimate of drug-likeness (QED) is 0.913. The SMILES string of the molecule is CCN(c1nc2ccc(F)cc2[nH]1)C1CC2CCC(C1)N2. The Labute approximate surface area is 123 Å². The number of piperidine rings is 1. The maximum absolute atomic E-state index is 13.3. The lowest BCUT2D eigenvalue weighted by atomic mass is 9.98. The summed E-state index contributed by atoms with van der Waals surface area (Å²) in [5, 5.41) is 3.68. The highest BCUT2D eigenvalue weighted by atomic mass is 19.1. The fourth-order valence-electron chi connectivity index (χ4n) is 3.97. The predicted octanol–water partition coefficient (Wildman–Crippen LogP) is 2.81. The molecule has 0 amide bonds. The highest BCUT2D eigenvalue weighted by molar-refractivity contribution is 5.77. The number of H-pyrrole nitrogens is 1. The summed E-state index contributed by atoms with van der Waals surface area (Å²) in [5.41, 5.74) is 1.61. The van der Waals surface area contributed by atoms with Crippen molar-refractivity contribution in [1.82, 2.24) is 15.3 Å². The molecule has 2 aromatic rings. The van der Waals surface area contributed by atoms with Crippen molar-refractivity contribution in [3.63, 3.8) is 0 Å². The van der Waals surface area contributed by atoms with Crippen molar-refractivity contribution in [1.29, 1.82) is 0 Å². The first kappa shape index (κ1) is 13.1. The molecule has 1 aromatic heterocycles. The molecule has 21 heavy (non-hydrogen) atoms. The number of nitrogens with zero attached hydrogens (tertiary/aromatic N) is 2. The van der Waals surface area contributed by atoms with Crippen LogP contribution in [0.5, 0.6) is 0 Å². The minimum Gasteiger partial charge on any atom is -0.340 e. The summed E-state index contributed by atoms with van der Waals surface area (Å²) in [4.78, 5) is 10.3. The Morgan fingerprint density at radius 1 is 1.29 bits per heavy atom. The van der Waals surface area contributed by atoms with Crippen LogP contribution in [0.15, 0.2) is 18.2 Å². The molecule has 0 saturated carbocycles. The second-order valence-electron chi connectivity index (χ2n) is 6.27. The zero-order valence-electron chi connectivity index (χ0n) is 12.3. The zero-order valence-corrected chi connectivity index (χ0v) is 12.3. The number of imidazole rings is 1. The van der Waals surface area contributed by atoms with Crippen LogP contribution in [-0.4, -0.2) is 34.6 Å². The number of hydrogen-bond donors (Lipinski definition) is 2. The van der Waals surface area contributed by atoms with Crippen LogP contribution in [0.2, 0.25) is 0 Å². The van der Waals surface area contributed by atoms with Gasteiger partial charge in [-0.15, -0.1) is 0 Å². The van der Waals surface area contributed by atoms with E-state index in [2.05, 4.69) is 27.1 Å². The normalized spacial score (nSPS) is 28.2. The summed E-state index contributed by atoms with van der Waals surface area (Å²) in [6, 6.07) is 6.57. The Morgan fingerprint density at radius 2 is 2.05 bits per heavy atom. The molecule has 112 valence electrons. The number of aromatic nitrogens is 2. The number of aromatic amines is 1. The number of benzene rings is 1. The van der Waals surface area contributed by atoms with Crippen molar-refractivity contribution in [2.75, 3.05) is 11.4 Å². The van der Waals surface area contributed by atoms with Crippen LogP contribution in [0.1, 0.15) is 32.6 Å². The van der Waals surface area contributed by atoms with E-state index in [4.69, 9.17) is 0 Å². The number of anilines is 1. The molecule has 2 saturated heterocycles. The molecule has 2 fully saturated rings. The minimum atomic E-state index is -0.222. The molecule has 0 radical (unpaired) electrons. The molecule has 2 unspecified atom stereocenters. The molecule has 2 aliphatic heterocycles. The van der Waals surface area contributed by atoms with Crippen molar-refractivity contribution < 1.29 is 4.39 Å². The minimum absolute atomic E-state index is 0.222. The average Bonchev–Trinajstić information content (AvgIpc) is 3.02. The van der Waals surface area contributed by atoms with E-state index >= 15 is 0 Å². The molecule has 2 bridgehead atoms. The van der Waals surface area contributed by atoms with Gasteiger partial charge in [-0.2, -0.15) is 0 Å². The summed E-state index contributed by atoms with van der Waals surface area (Å²) in [5.74, 6) is 0.657. The summed E-state index contributed by atoms with van der Waals surface area (Å²) < 4.78 is 13.3. The fourth-order valence-corrected chi connectivity index (χ4v) is 3.97. The highest BCUT2D eigenvalue weighted by Crippen LogP contribution is 2.31. The molecule has 5 heteroatoms. The molecular weight excluding hydrogens is 267 g/mol. The van der Waals surface area contributed by atoms with E-state index in [1.807, 2.05) is 0 Å². The third-order valence-corrected chi connectivity index (χ3v) is 4.93. The third-order valence-electron chi connectivity index (χ3n) is 4.93. The van der Waals surface area contributed by atoms with Gasteiger partial charge in [-0.3, -0.25) is 0 Å². The lowest BCUT2D eigenvalue weighted by molar-refractivity contribution is 0.347. The van der Waals surface area contributed by atoms with Crippen LogP contribution in [0.25, 0.3) is 11.0 Å². The molecule has 1 aromatic carbocycles. The molecule has 0 aliphatic carbocycles. The Kier molecular flexibility index (Phi) is 3.10. The monoisotopic (exact) mass is 288 g/mol. The molecular formula is C16H21FN4. The molecule has 4 rings (SSSR count).